The lowest BCUT2D eigenvalue weighted by atomic mass is 10.1. The van der Waals surface area contributed by atoms with Gasteiger partial charge in [0.05, 0.1) is 23.7 Å². The van der Waals surface area contributed by atoms with Crippen LogP contribution in [0.5, 0.6) is 0 Å². The van der Waals surface area contributed by atoms with Crippen LogP contribution in [0.4, 0.5) is 0 Å². The predicted molar refractivity (Wildman–Crippen MR) is 74.0 cm³/mol. The van der Waals surface area contributed by atoms with Crippen molar-refractivity contribution in [3.63, 3.8) is 0 Å². The molecule has 19 heavy (non-hydrogen) atoms. The van der Waals surface area contributed by atoms with Gasteiger partial charge < -0.3 is 10.1 Å². The average molecular weight is 254 g/mol. The molecule has 96 valence electrons. The molecule has 0 aliphatic rings. The number of aromatic amines is 1. The summed E-state index contributed by atoms with van der Waals surface area (Å²) in [7, 11) is 0. The van der Waals surface area contributed by atoms with Gasteiger partial charge in [0.1, 0.15) is 0 Å². The van der Waals surface area contributed by atoms with Crippen molar-refractivity contribution in [3.05, 3.63) is 70.6 Å². The van der Waals surface area contributed by atoms with Crippen LogP contribution in [0.3, 0.4) is 0 Å². The molecule has 0 fully saturated rings. The number of nitrogens with one attached hydrogen (secondary N) is 1. The van der Waals surface area contributed by atoms with E-state index in [1.54, 1.807) is 4.57 Å². The molecule has 4 heteroatoms. The second-order valence-corrected chi connectivity index (χ2v) is 4.48. The standard InChI is InChI=1S/C15H14N2O2/c18-14(11-6-2-1-3-7-11)10-17-13-9-5-4-8-12(13)16-15(17)19/h1-9,14,18H,10H2,(H,16,19). The lowest BCUT2D eigenvalue weighted by Crippen LogP contribution is -2.20. The van der Waals surface area contributed by atoms with E-state index < -0.39 is 6.10 Å². The molecule has 1 heterocycles. The third-order valence-electron chi connectivity index (χ3n) is 3.22. The Morgan fingerprint density at radius 2 is 1.74 bits per heavy atom. The quantitative estimate of drug-likeness (QED) is 0.751. The summed E-state index contributed by atoms with van der Waals surface area (Å²) >= 11 is 0. The van der Waals surface area contributed by atoms with Gasteiger partial charge in [-0.1, -0.05) is 42.5 Å². The number of para-hydroxylation sites is 2. The zero-order chi connectivity index (χ0) is 13.2. The maximum absolute atomic E-state index is 11.9. The summed E-state index contributed by atoms with van der Waals surface area (Å²) in [5, 5.41) is 10.2. The van der Waals surface area contributed by atoms with Crippen LogP contribution in [0.25, 0.3) is 11.0 Å². The van der Waals surface area contributed by atoms with Crippen molar-refractivity contribution in [1.82, 2.24) is 9.55 Å². The molecule has 0 aliphatic carbocycles. The monoisotopic (exact) mass is 254 g/mol. The Hall–Kier alpha value is -2.33. The minimum atomic E-state index is -0.696. The molecule has 0 radical (unpaired) electrons. The number of fused-ring (bicyclic) bond motifs is 1. The first kappa shape index (κ1) is 11.7. The Kier molecular flexibility index (Phi) is 2.93. The minimum Gasteiger partial charge on any atom is -0.387 e. The molecular formula is C15H14N2O2. The smallest absolute Gasteiger partial charge is 0.326 e. The SMILES string of the molecule is O=c1[nH]c2ccccc2n1CC(O)c1ccccc1. The Balaban J connectivity index is 1.98. The zero-order valence-electron chi connectivity index (χ0n) is 10.3. The largest absolute Gasteiger partial charge is 0.387 e. The number of rotatable bonds is 3. The van der Waals surface area contributed by atoms with Crippen LogP contribution >= 0.6 is 0 Å². The van der Waals surface area contributed by atoms with Crippen molar-refractivity contribution in [2.24, 2.45) is 0 Å². The lowest BCUT2D eigenvalue weighted by Gasteiger charge is -2.11. The van der Waals surface area contributed by atoms with Gasteiger partial charge in [0.15, 0.2) is 0 Å². The third kappa shape index (κ3) is 2.18. The van der Waals surface area contributed by atoms with E-state index in [-0.39, 0.29) is 12.2 Å². The van der Waals surface area contributed by atoms with E-state index in [0.29, 0.717) is 0 Å². The molecule has 1 atom stereocenters. The van der Waals surface area contributed by atoms with Crippen molar-refractivity contribution in [3.8, 4) is 0 Å². The number of hydrogen-bond acceptors (Lipinski definition) is 2. The summed E-state index contributed by atoms with van der Waals surface area (Å²) in [6.07, 6.45) is -0.696. The predicted octanol–water partition coefficient (Wildman–Crippen LogP) is 2.06. The number of imidazole rings is 1. The molecule has 0 saturated heterocycles. The highest BCUT2D eigenvalue weighted by Crippen LogP contribution is 2.16. The molecule has 0 amide bonds. The third-order valence-corrected chi connectivity index (χ3v) is 3.22. The number of aliphatic hydroxyl groups excluding tert-OH is 1. The van der Waals surface area contributed by atoms with E-state index in [2.05, 4.69) is 4.98 Å². The Bertz CT molecular complexity index is 743. The second-order valence-electron chi connectivity index (χ2n) is 4.48. The molecule has 1 aromatic heterocycles. The molecular weight excluding hydrogens is 240 g/mol. The number of nitrogens with zero attached hydrogens (tertiary/aromatic N) is 1. The second kappa shape index (κ2) is 4.74. The van der Waals surface area contributed by atoms with E-state index in [4.69, 9.17) is 0 Å². The van der Waals surface area contributed by atoms with Gasteiger partial charge in [-0.15, -0.1) is 0 Å². The first-order valence-corrected chi connectivity index (χ1v) is 6.16. The van der Waals surface area contributed by atoms with Gasteiger partial charge in [0.25, 0.3) is 0 Å². The first-order chi connectivity index (χ1) is 9.25. The molecule has 0 spiro atoms. The van der Waals surface area contributed by atoms with Crippen molar-refractivity contribution in [2.45, 2.75) is 12.6 Å². The summed E-state index contributed by atoms with van der Waals surface area (Å²) in [6, 6.07) is 16.8. The molecule has 0 saturated carbocycles. The van der Waals surface area contributed by atoms with Crippen molar-refractivity contribution >= 4 is 11.0 Å². The lowest BCUT2D eigenvalue weighted by molar-refractivity contribution is 0.157. The molecule has 2 aromatic carbocycles. The van der Waals surface area contributed by atoms with Gasteiger partial charge in [-0.05, 0) is 17.7 Å². The normalized spacial score (nSPS) is 12.7. The van der Waals surface area contributed by atoms with Crippen molar-refractivity contribution < 1.29 is 5.11 Å². The highest BCUT2D eigenvalue weighted by Gasteiger charge is 2.12. The molecule has 0 aliphatic heterocycles. The van der Waals surface area contributed by atoms with Gasteiger partial charge in [0, 0.05) is 0 Å². The van der Waals surface area contributed by atoms with Crippen LogP contribution in [0.2, 0.25) is 0 Å². The van der Waals surface area contributed by atoms with E-state index in [0.717, 1.165) is 16.6 Å². The number of aliphatic hydroxyl groups is 1. The molecule has 1 unspecified atom stereocenters. The Morgan fingerprint density at radius 3 is 2.53 bits per heavy atom. The van der Waals surface area contributed by atoms with Gasteiger partial charge >= 0.3 is 5.69 Å². The van der Waals surface area contributed by atoms with Crippen LogP contribution in [0.1, 0.15) is 11.7 Å². The summed E-state index contributed by atoms with van der Waals surface area (Å²) in [6.45, 7) is 0.243. The van der Waals surface area contributed by atoms with Gasteiger partial charge in [-0.3, -0.25) is 4.57 Å². The van der Waals surface area contributed by atoms with Gasteiger partial charge in [-0.2, -0.15) is 0 Å². The molecule has 2 N–H and O–H groups in total. The number of H-pyrrole nitrogens is 1. The summed E-state index contributed by atoms with van der Waals surface area (Å²) < 4.78 is 1.56. The fraction of sp³-hybridized carbons (Fsp3) is 0.133. The maximum atomic E-state index is 11.9. The first-order valence-electron chi connectivity index (χ1n) is 6.16. The molecule has 4 nitrogen and oxygen atoms in total. The van der Waals surface area contributed by atoms with Crippen LogP contribution in [-0.2, 0) is 6.54 Å². The van der Waals surface area contributed by atoms with Crippen LogP contribution in [-0.4, -0.2) is 14.7 Å². The number of benzene rings is 2. The van der Waals surface area contributed by atoms with E-state index in [1.807, 2.05) is 54.6 Å². The van der Waals surface area contributed by atoms with Crippen LogP contribution in [0, 0.1) is 0 Å². The van der Waals surface area contributed by atoms with Gasteiger partial charge in [0.2, 0.25) is 0 Å². The molecule has 0 bridgehead atoms. The highest BCUT2D eigenvalue weighted by molar-refractivity contribution is 5.74. The molecule has 3 rings (SSSR count). The van der Waals surface area contributed by atoms with E-state index >= 15 is 0 Å². The number of hydrogen-bond donors (Lipinski definition) is 2. The Labute approximate surface area is 109 Å². The van der Waals surface area contributed by atoms with Crippen molar-refractivity contribution in [2.75, 3.05) is 0 Å². The van der Waals surface area contributed by atoms with E-state index in [1.165, 1.54) is 0 Å². The number of aromatic nitrogens is 2. The van der Waals surface area contributed by atoms with Crippen molar-refractivity contribution in [1.29, 1.82) is 0 Å². The topological polar surface area (TPSA) is 58.0 Å². The van der Waals surface area contributed by atoms with Crippen LogP contribution in [0.15, 0.2) is 59.4 Å². The molecule has 3 aromatic rings. The average Bonchev–Trinajstić information content (AvgIpc) is 2.76. The summed E-state index contributed by atoms with van der Waals surface area (Å²) in [4.78, 5) is 14.7. The summed E-state index contributed by atoms with van der Waals surface area (Å²) in [5.74, 6) is 0. The zero-order valence-corrected chi connectivity index (χ0v) is 10.3. The minimum absolute atomic E-state index is 0.198. The fourth-order valence-electron chi connectivity index (χ4n) is 2.24. The van der Waals surface area contributed by atoms with Crippen LogP contribution < -0.4 is 5.69 Å². The van der Waals surface area contributed by atoms with E-state index in [9.17, 15) is 9.90 Å². The van der Waals surface area contributed by atoms with Gasteiger partial charge in [-0.25, -0.2) is 4.79 Å². The Morgan fingerprint density at radius 1 is 1.05 bits per heavy atom. The fourth-order valence-corrected chi connectivity index (χ4v) is 2.24. The highest BCUT2D eigenvalue weighted by atomic mass is 16.3. The maximum Gasteiger partial charge on any atom is 0.326 e. The summed E-state index contributed by atoms with van der Waals surface area (Å²) in [5.41, 5.74) is 2.20.